The number of aryl methyl sites for hydroxylation is 2. The number of hydrogen-bond donors (Lipinski definition) is 1. The van der Waals surface area contributed by atoms with E-state index >= 15 is 0 Å². The Morgan fingerprint density at radius 1 is 1.11 bits per heavy atom. The Balaban J connectivity index is 2.23. The lowest BCUT2D eigenvalue weighted by Crippen LogP contribution is -2.35. The van der Waals surface area contributed by atoms with E-state index in [1.807, 2.05) is 52.0 Å². The molecule has 1 N–H and O–H groups in total. The van der Waals surface area contributed by atoms with E-state index in [1.54, 1.807) is 12.1 Å². The van der Waals surface area contributed by atoms with Gasteiger partial charge in [0.2, 0.25) is 15.9 Å². The van der Waals surface area contributed by atoms with Gasteiger partial charge in [0.1, 0.15) is 10.6 Å². The molecule has 0 saturated heterocycles. The molecule has 0 spiro atoms. The first kappa shape index (κ1) is 21.9. The van der Waals surface area contributed by atoms with Crippen LogP contribution in [0.5, 0.6) is 5.75 Å². The summed E-state index contributed by atoms with van der Waals surface area (Å²) in [5.41, 5.74) is 3.57. The SMILES string of the molecule is COc1ccc(C(C)C)cc1S(=O)(=O)N(C)CC(=O)Nc1cc(C)cc(C)c1. The number of amides is 1. The van der Waals surface area contributed by atoms with Gasteiger partial charge in [-0.25, -0.2) is 8.42 Å². The second kappa shape index (κ2) is 8.75. The van der Waals surface area contributed by atoms with Gasteiger partial charge in [-0.05, 0) is 60.7 Å². The van der Waals surface area contributed by atoms with Crippen LogP contribution in [0, 0.1) is 13.8 Å². The monoisotopic (exact) mass is 404 g/mol. The highest BCUT2D eigenvalue weighted by Gasteiger charge is 2.27. The fraction of sp³-hybridized carbons (Fsp3) is 0.381. The molecule has 0 aliphatic heterocycles. The molecule has 0 radical (unpaired) electrons. The van der Waals surface area contributed by atoms with Gasteiger partial charge in [0.25, 0.3) is 0 Å². The van der Waals surface area contributed by atoms with Crippen molar-refractivity contribution < 1.29 is 17.9 Å². The third-order valence-electron chi connectivity index (χ3n) is 4.41. The minimum atomic E-state index is -3.89. The fourth-order valence-electron chi connectivity index (χ4n) is 2.96. The van der Waals surface area contributed by atoms with E-state index in [4.69, 9.17) is 4.74 Å². The van der Waals surface area contributed by atoms with Crippen molar-refractivity contribution in [1.29, 1.82) is 0 Å². The molecule has 0 fully saturated rings. The molecule has 28 heavy (non-hydrogen) atoms. The van der Waals surface area contributed by atoms with Crippen molar-refractivity contribution in [3.63, 3.8) is 0 Å². The third kappa shape index (κ3) is 5.11. The lowest BCUT2D eigenvalue weighted by molar-refractivity contribution is -0.116. The molecule has 0 bridgehead atoms. The largest absolute Gasteiger partial charge is 0.495 e. The minimum Gasteiger partial charge on any atom is -0.495 e. The highest BCUT2D eigenvalue weighted by atomic mass is 32.2. The van der Waals surface area contributed by atoms with Crippen LogP contribution in [0.2, 0.25) is 0 Å². The fourth-order valence-corrected chi connectivity index (χ4v) is 4.27. The molecule has 0 heterocycles. The summed E-state index contributed by atoms with van der Waals surface area (Å²) in [7, 11) is -1.08. The zero-order valence-electron chi connectivity index (χ0n) is 17.2. The van der Waals surface area contributed by atoms with Crippen LogP contribution in [-0.2, 0) is 14.8 Å². The Bertz CT molecular complexity index is 948. The quantitative estimate of drug-likeness (QED) is 0.764. The van der Waals surface area contributed by atoms with Gasteiger partial charge in [-0.2, -0.15) is 4.31 Å². The Hall–Kier alpha value is -2.38. The summed E-state index contributed by atoms with van der Waals surface area (Å²) < 4.78 is 32.4. The Kier molecular flexibility index (Phi) is 6.85. The number of carbonyl (C=O) groups is 1. The van der Waals surface area contributed by atoms with Crippen molar-refractivity contribution in [3.8, 4) is 5.75 Å². The van der Waals surface area contributed by atoms with Crippen LogP contribution in [0.25, 0.3) is 0 Å². The zero-order chi connectivity index (χ0) is 21.1. The first-order chi connectivity index (χ1) is 13.0. The van der Waals surface area contributed by atoms with Crippen LogP contribution >= 0.6 is 0 Å². The molecule has 0 saturated carbocycles. The topological polar surface area (TPSA) is 75.7 Å². The van der Waals surface area contributed by atoms with E-state index in [0.29, 0.717) is 5.69 Å². The van der Waals surface area contributed by atoms with Gasteiger partial charge in [-0.3, -0.25) is 4.79 Å². The molecule has 0 atom stereocenters. The molecule has 0 unspecified atom stereocenters. The summed E-state index contributed by atoms with van der Waals surface area (Å²) in [5, 5.41) is 2.76. The predicted octanol–water partition coefficient (Wildman–Crippen LogP) is 3.69. The number of hydrogen-bond acceptors (Lipinski definition) is 4. The van der Waals surface area contributed by atoms with Crippen molar-refractivity contribution in [2.45, 2.75) is 38.5 Å². The summed E-state index contributed by atoms with van der Waals surface area (Å²) in [5.74, 6) is 0.0130. The van der Waals surface area contributed by atoms with E-state index in [0.717, 1.165) is 21.0 Å². The average Bonchev–Trinajstić information content (AvgIpc) is 2.59. The zero-order valence-corrected chi connectivity index (χ0v) is 18.1. The van der Waals surface area contributed by atoms with Crippen LogP contribution in [0.1, 0.15) is 36.5 Å². The highest BCUT2D eigenvalue weighted by molar-refractivity contribution is 7.89. The maximum Gasteiger partial charge on any atom is 0.246 e. The van der Waals surface area contributed by atoms with Gasteiger partial charge in [0.15, 0.2) is 0 Å². The molecule has 1 amide bonds. The Morgan fingerprint density at radius 2 is 1.71 bits per heavy atom. The van der Waals surface area contributed by atoms with Gasteiger partial charge >= 0.3 is 0 Å². The minimum absolute atomic E-state index is 0.0582. The molecule has 152 valence electrons. The maximum absolute atomic E-state index is 13.0. The number of nitrogens with one attached hydrogen (secondary N) is 1. The van der Waals surface area contributed by atoms with Crippen LogP contribution in [0.15, 0.2) is 41.3 Å². The van der Waals surface area contributed by atoms with Gasteiger partial charge in [0, 0.05) is 12.7 Å². The van der Waals surface area contributed by atoms with E-state index < -0.39 is 15.9 Å². The molecule has 2 aromatic rings. The molecular formula is C21H28N2O4S. The molecule has 0 aliphatic rings. The Labute approximate surface area is 167 Å². The number of carbonyl (C=O) groups excluding carboxylic acids is 1. The highest BCUT2D eigenvalue weighted by Crippen LogP contribution is 2.30. The van der Waals surface area contributed by atoms with Gasteiger partial charge < -0.3 is 10.1 Å². The molecule has 0 aliphatic carbocycles. The smallest absolute Gasteiger partial charge is 0.246 e. The number of anilines is 1. The van der Waals surface area contributed by atoms with Crippen molar-refractivity contribution in [1.82, 2.24) is 4.31 Å². The maximum atomic E-state index is 13.0. The number of benzene rings is 2. The second-order valence-electron chi connectivity index (χ2n) is 7.25. The van der Waals surface area contributed by atoms with Crippen LogP contribution in [0.3, 0.4) is 0 Å². The van der Waals surface area contributed by atoms with Gasteiger partial charge in [0.05, 0.1) is 13.7 Å². The Morgan fingerprint density at radius 3 is 2.25 bits per heavy atom. The number of likely N-dealkylation sites (N-methyl/N-ethyl adjacent to an activating group) is 1. The summed E-state index contributed by atoms with van der Waals surface area (Å²) in [4.78, 5) is 12.5. The number of rotatable bonds is 7. The third-order valence-corrected chi connectivity index (χ3v) is 6.24. The summed E-state index contributed by atoms with van der Waals surface area (Å²) in [6.45, 7) is 7.54. The average molecular weight is 405 g/mol. The first-order valence-electron chi connectivity index (χ1n) is 9.07. The van der Waals surface area contributed by atoms with E-state index in [1.165, 1.54) is 14.2 Å². The summed E-state index contributed by atoms with van der Waals surface area (Å²) >= 11 is 0. The van der Waals surface area contributed by atoms with Gasteiger partial charge in [-0.15, -0.1) is 0 Å². The van der Waals surface area contributed by atoms with Crippen molar-refractivity contribution in [2.75, 3.05) is 26.0 Å². The first-order valence-corrected chi connectivity index (χ1v) is 10.5. The number of ether oxygens (including phenoxy) is 1. The molecule has 7 heteroatoms. The van der Waals surface area contributed by atoms with E-state index in [9.17, 15) is 13.2 Å². The van der Waals surface area contributed by atoms with Crippen molar-refractivity contribution in [2.24, 2.45) is 0 Å². The van der Waals surface area contributed by atoms with Crippen LogP contribution in [-0.4, -0.2) is 39.3 Å². The number of methoxy groups -OCH3 is 1. The van der Waals surface area contributed by atoms with E-state index in [2.05, 4.69) is 5.32 Å². The molecular weight excluding hydrogens is 376 g/mol. The number of sulfonamides is 1. The van der Waals surface area contributed by atoms with Gasteiger partial charge in [-0.1, -0.05) is 26.0 Å². The van der Waals surface area contributed by atoms with Crippen molar-refractivity contribution >= 4 is 21.6 Å². The molecule has 2 rings (SSSR count). The standard InChI is InChI=1S/C21H28N2O4S/c1-14(2)17-7-8-19(27-6)20(12-17)28(25,26)23(5)13-21(24)22-18-10-15(3)9-16(4)11-18/h7-12,14H,13H2,1-6H3,(H,22,24). The summed E-state index contributed by atoms with van der Waals surface area (Å²) in [6, 6.07) is 10.8. The van der Waals surface area contributed by atoms with Crippen LogP contribution in [0.4, 0.5) is 5.69 Å². The predicted molar refractivity (Wildman–Crippen MR) is 111 cm³/mol. The number of nitrogens with zero attached hydrogens (tertiary/aromatic N) is 1. The normalized spacial score (nSPS) is 11.7. The molecule has 0 aromatic heterocycles. The van der Waals surface area contributed by atoms with Crippen molar-refractivity contribution in [3.05, 3.63) is 53.1 Å². The second-order valence-corrected chi connectivity index (χ2v) is 9.26. The lowest BCUT2D eigenvalue weighted by Gasteiger charge is -2.20. The molecule has 6 nitrogen and oxygen atoms in total. The van der Waals surface area contributed by atoms with E-state index in [-0.39, 0.29) is 23.1 Å². The summed E-state index contributed by atoms with van der Waals surface area (Å²) in [6.07, 6.45) is 0. The van der Waals surface area contributed by atoms with Crippen LogP contribution < -0.4 is 10.1 Å². The molecule has 2 aromatic carbocycles. The lowest BCUT2D eigenvalue weighted by atomic mass is 10.0.